The molecule has 2 N–H and O–H groups in total. The highest BCUT2D eigenvalue weighted by Gasteiger charge is 2.47. The van der Waals surface area contributed by atoms with E-state index in [9.17, 15) is 23.5 Å². The first-order valence-corrected chi connectivity index (χ1v) is 10.5. The number of carbonyl (C=O) groups is 1. The topological polar surface area (TPSA) is 110 Å². The zero-order valence-electron chi connectivity index (χ0n) is 16.8. The van der Waals surface area contributed by atoms with Crippen LogP contribution < -0.4 is 10.9 Å². The van der Waals surface area contributed by atoms with Gasteiger partial charge < -0.3 is 14.7 Å². The lowest BCUT2D eigenvalue weighted by molar-refractivity contribution is 0.0463. The predicted molar refractivity (Wildman–Crippen MR) is 110 cm³/mol. The summed E-state index contributed by atoms with van der Waals surface area (Å²) in [6, 6.07) is 3.25. The first-order valence-electron chi connectivity index (χ1n) is 9.68. The second-order valence-electron chi connectivity index (χ2n) is 7.66. The Labute approximate surface area is 183 Å². The van der Waals surface area contributed by atoms with Crippen molar-refractivity contribution in [1.82, 2.24) is 19.8 Å². The van der Waals surface area contributed by atoms with Crippen molar-refractivity contribution in [2.24, 2.45) is 0 Å². The van der Waals surface area contributed by atoms with Crippen LogP contribution in [0.3, 0.4) is 0 Å². The van der Waals surface area contributed by atoms with Crippen molar-refractivity contribution >= 4 is 17.2 Å². The fraction of sp³-hybridized carbons (Fsp3) is 0.300. The van der Waals surface area contributed by atoms with E-state index in [1.54, 1.807) is 7.05 Å². The van der Waals surface area contributed by atoms with Crippen LogP contribution in [0.15, 0.2) is 29.2 Å². The van der Waals surface area contributed by atoms with E-state index >= 15 is 0 Å². The molecule has 1 aromatic carbocycles. The van der Waals surface area contributed by atoms with Gasteiger partial charge in [0.15, 0.2) is 22.1 Å². The minimum atomic E-state index is -0.796. The number of hydrogen-bond acceptors (Lipinski definition) is 8. The van der Waals surface area contributed by atoms with Crippen LogP contribution >= 0.6 is 11.3 Å². The SMILES string of the molecule is CN1C(=O)c2c(O)c(=O)c(-c3nnc(Cc4ccc(F)cc4F)s3)cn2NC12CCOC2. The molecule has 32 heavy (non-hydrogen) atoms. The number of halogens is 2. The number of benzene rings is 1. The molecular weight excluding hydrogens is 444 g/mol. The largest absolute Gasteiger partial charge is 0.502 e. The lowest BCUT2D eigenvalue weighted by atomic mass is 10.1. The molecule has 1 unspecified atom stereocenters. The Balaban J connectivity index is 1.53. The quantitative estimate of drug-likeness (QED) is 0.611. The van der Waals surface area contributed by atoms with Crippen molar-refractivity contribution in [2.45, 2.75) is 18.5 Å². The van der Waals surface area contributed by atoms with Gasteiger partial charge in [-0.3, -0.25) is 19.7 Å². The van der Waals surface area contributed by atoms with Crippen LogP contribution in [0, 0.1) is 11.6 Å². The van der Waals surface area contributed by atoms with Gasteiger partial charge in [0, 0.05) is 32.2 Å². The third-order valence-corrected chi connectivity index (χ3v) is 6.67. The average molecular weight is 461 g/mol. The van der Waals surface area contributed by atoms with Gasteiger partial charge in [0.1, 0.15) is 16.6 Å². The molecule has 5 rings (SSSR count). The maximum absolute atomic E-state index is 14.0. The van der Waals surface area contributed by atoms with E-state index in [0.29, 0.717) is 18.0 Å². The summed E-state index contributed by atoms with van der Waals surface area (Å²) in [5.74, 6) is -2.61. The number of carbonyl (C=O) groups excluding carboxylic acids is 1. The van der Waals surface area contributed by atoms with Crippen LogP contribution in [0.5, 0.6) is 5.75 Å². The van der Waals surface area contributed by atoms with Crippen LogP contribution in [0.4, 0.5) is 8.78 Å². The fourth-order valence-electron chi connectivity index (χ4n) is 3.87. The number of nitrogens with zero attached hydrogens (tertiary/aromatic N) is 4. The zero-order chi connectivity index (χ0) is 22.6. The molecular formula is C20H17F2N5O4S. The summed E-state index contributed by atoms with van der Waals surface area (Å²) in [7, 11) is 1.58. The molecule has 2 aliphatic heterocycles. The molecule has 1 spiro atoms. The third kappa shape index (κ3) is 3.14. The molecule has 1 amide bonds. The smallest absolute Gasteiger partial charge is 0.278 e. The lowest BCUT2D eigenvalue weighted by Crippen LogP contribution is -2.63. The summed E-state index contributed by atoms with van der Waals surface area (Å²) in [5.41, 5.74) is 1.68. The molecule has 3 aromatic rings. The number of aromatic nitrogens is 3. The molecule has 4 heterocycles. The maximum atomic E-state index is 14.0. The summed E-state index contributed by atoms with van der Waals surface area (Å²) in [5, 5.41) is 19.1. The van der Waals surface area contributed by atoms with Gasteiger partial charge in [0.2, 0.25) is 5.43 Å². The van der Waals surface area contributed by atoms with Crippen molar-refractivity contribution in [3.8, 4) is 16.3 Å². The first-order chi connectivity index (χ1) is 15.3. The van der Waals surface area contributed by atoms with Crippen LogP contribution in [0.2, 0.25) is 0 Å². The molecule has 12 heteroatoms. The van der Waals surface area contributed by atoms with Crippen LogP contribution in [0.1, 0.15) is 27.5 Å². The van der Waals surface area contributed by atoms with Crippen molar-refractivity contribution in [2.75, 3.05) is 25.7 Å². The summed E-state index contributed by atoms with van der Waals surface area (Å²) >= 11 is 1.04. The summed E-state index contributed by atoms with van der Waals surface area (Å²) < 4.78 is 33.9. The Bertz CT molecular complexity index is 1300. The summed E-state index contributed by atoms with van der Waals surface area (Å²) in [6.07, 6.45) is 1.98. The fourth-order valence-corrected chi connectivity index (χ4v) is 4.74. The van der Waals surface area contributed by atoms with Crippen LogP contribution in [-0.4, -0.2) is 56.7 Å². The van der Waals surface area contributed by atoms with E-state index in [1.165, 1.54) is 21.8 Å². The van der Waals surface area contributed by atoms with E-state index in [0.717, 1.165) is 23.5 Å². The average Bonchev–Trinajstić information content (AvgIpc) is 3.41. The van der Waals surface area contributed by atoms with Gasteiger partial charge in [-0.25, -0.2) is 8.78 Å². The number of hydrogen-bond donors (Lipinski definition) is 2. The minimum absolute atomic E-state index is 0.0356. The van der Waals surface area contributed by atoms with Crippen LogP contribution in [0.25, 0.3) is 10.6 Å². The standard InChI is InChI=1S/C20H17F2N5O4S/c1-26-19(30)15-17(29)16(28)12(8-27(15)25-20(26)4-5-31-9-20)18-24-23-14(32-18)6-10-2-3-11(21)7-13(10)22/h2-3,7-8,25,29H,4-6,9H2,1H3. The number of pyridine rings is 1. The van der Waals surface area contributed by atoms with E-state index in [2.05, 4.69) is 15.6 Å². The van der Waals surface area contributed by atoms with Gasteiger partial charge in [-0.05, 0) is 11.6 Å². The number of nitrogens with one attached hydrogen (secondary N) is 1. The maximum Gasteiger partial charge on any atom is 0.278 e. The molecule has 0 aliphatic carbocycles. The number of rotatable bonds is 3. The van der Waals surface area contributed by atoms with E-state index in [-0.39, 0.29) is 34.9 Å². The Morgan fingerprint density at radius 3 is 2.84 bits per heavy atom. The first kappa shape index (κ1) is 20.5. The predicted octanol–water partition coefficient (Wildman–Crippen LogP) is 1.69. The molecule has 1 atom stereocenters. The third-order valence-electron chi connectivity index (χ3n) is 5.72. The summed E-state index contributed by atoms with van der Waals surface area (Å²) in [4.78, 5) is 27.1. The highest BCUT2D eigenvalue weighted by atomic mass is 32.1. The van der Waals surface area contributed by atoms with E-state index in [1.807, 2.05) is 0 Å². The van der Waals surface area contributed by atoms with Gasteiger partial charge in [-0.15, -0.1) is 10.2 Å². The number of fused-ring (bicyclic) bond motifs is 1. The molecule has 166 valence electrons. The number of likely N-dealkylation sites (N-methyl/N-ethyl adjacent to an activating group) is 1. The van der Waals surface area contributed by atoms with Gasteiger partial charge in [-0.2, -0.15) is 0 Å². The van der Waals surface area contributed by atoms with Crippen LogP contribution in [-0.2, 0) is 11.2 Å². The molecule has 1 saturated heterocycles. The van der Waals surface area contributed by atoms with Gasteiger partial charge in [0.05, 0.1) is 18.8 Å². The van der Waals surface area contributed by atoms with Gasteiger partial charge in [0.25, 0.3) is 5.91 Å². The Morgan fingerprint density at radius 1 is 1.31 bits per heavy atom. The summed E-state index contributed by atoms with van der Waals surface area (Å²) in [6.45, 7) is 0.710. The normalized spacial score (nSPS) is 20.0. The highest BCUT2D eigenvalue weighted by Crippen LogP contribution is 2.33. The number of aromatic hydroxyl groups is 1. The Morgan fingerprint density at radius 2 is 2.12 bits per heavy atom. The molecule has 2 aliphatic rings. The molecule has 2 aromatic heterocycles. The van der Waals surface area contributed by atoms with E-state index in [4.69, 9.17) is 4.74 Å². The van der Waals surface area contributed by atoms with Crippen molar-refractivity contribution in [3.63, 3.8) is 0 Å². The van der Waals surface area contributed by atoms with Crippen molar-refractivity contribution in [3.05, 3.63) is 62.5 Å². The minimum Gasteiger partial charge on any atom is -0.502 e. The Kier molecular flexibility index (Phi) is 4.71. The number of amides is 1. The number of ether oxygens (including phenoxy) is 1. The van der Waals surface area contributed by atoms with Gasteiger partial charge in [-0.1, -0.05) is 17.4 Å². The lowest BCUT2D eigenvalue weighted by Gasteiger charge is -2.44. The van der Waals surface area contributed by atoms with E-state index < -0.39 is 34.4 Å². The molecule has 0 bridgehead atoms. The Hall–Kier alpha value is -3.38. The van der Waals surface area contributed by atoms with Crippen molar-refractivity contribution < 1.29 is 23.4 Å². The zero-order valence-corrected chi connectivity index (χ0v) is 17.6. The molecule has 1 fully saturated rings. The highest BCUT2D eigenvalue weighted by molar-refractivity contribution is 7.14. The monoisotopic (exact) mass is 461 g/mol. The second-order valence-corrected chi connectivity index (χ2v) is 8.72. The van der Waals surface area contributed by atoms with Crippen molar-refractivity contribution in [1.29, 1.82) is 0 Å². The second kappa shape index (κ2) is 7.35. The molecule has 9 nitrogen and oxygen atoms in total. The van der Waals surface area contributed by atoms with Gasteiger partial charge >= 0.3 is 0 Å². The molecule has 0 radical (unpaired) electrons. The molecule has 0 saturated carbocycles.